The van der Waals surface area contributed by atoms with Gasteiger partial charge in [0.25, 0.3) is 0 Å². The van der Waals surface area contributed by atoms with Gasteiger partial charge in [-0.15, -0.1) is 41.0 Å². The van der Waals surface area contributed by atoms with Gasteiger partial charge in [0.05, 0.1) is 67.6 Å². The summed E-state index contributed by atoms with van der Waals surface area (Å²) < 4.78 is 136. The van der Waals surface area contributed by atoms with Crippen LogP contribution in [0.4, 0.5) is 0 Å². The van der Waals surface area contributed by atoms with Crippen LogP contribution in [0.5, 0.6) is 0 Å². The van der Waals surface area contributed by atoms with E-state index in [1.165, 1.54) is 16.3 Å². The molecule has 0 aliphatic heterocycles. The number of aromatic nitrogens is 14. The molecule has 0 fully saturated rings. The van der Waals surface area contributed by atoms with Crippen molar-refractivity contribution in [3.8, 4) is 68.6 Å². The van der Waals surface area contributed by atoms with Crippen molar-refractivity contribution < 1.29 is 154 Å². The minimum absolute atomic E-state index is 0. The maximum atomic E-state index is 8.49. The molecule has 12 heterocycles. The first-order chi connectivity index (χ1) is 52.1. The number of hydrogen-bond donors (Lipinski definition) is 2. The molecule has 111 heavy (non-hydrogen) atoms. The van der Waals surface area contributed by atoms with Gasteiger partial charge in [0.15, 0.2) is 11.6 Å². The third-order valence-electron chi connectivity index (χ3n) is 14.0. The molecule has 0 spiro atoms. The Labute approximate surface area is 665 Å². The summed E-state index contributed by atoms with van der Waals surface area (Å²) >= 11 is 0. The van der Waals surface area contributed by atoms with E-state index in [-0.39, 0.29) is 39.0 Å². The zero-order valence-electron chi connectivity index (χ0n) is 57.1. The van der Waals surface area contributed by atoms with Crippen molar-refractivity contribution in [2.45, 2.75) is 6.92 Å². The molecule has 30 nitrogen and oxygen atoms in total. The van der Waals surface area contributed by atoms with Crippen molar-refractivity contribution in [2.24, 2.45) is 0 Å². The first kappa shape index (κ1) is 89.2. The van der Waals surface area contributed by atoms with Gasteiger partial charge in [0.1, 0.15) is 11.4 Å². The van der Waals surface area contributed by atoms with E-state index < -0.39 is 41.0 Å². The van der Waals surface area contributed by atoms with E-state index in [0.29, 0.717) is 0 Å². The van der Waals surface area contributed by atoms with Gasteiger partial charge in [0, 0.05) is 94.3 Å². The summed E-state index contributed by atoms with van der Waals surface area (Å²) in [7, 11) is -19.8. The summed E-state index contributed by atoms with van der Waals surface area (Å²) in [5.41, 5.74) is 14.2. The van der Waals surface area contributed by atoms with Crippen LogP contribution in [0.1, 0.15) is 5.56 Å². The number of imidazole rings is 2. The second-order valence-electron chi connectivity index (χ2n) is 21.4. The van der Waals surface area contributed by atoms with Crippen LogP contribution in [0.15, 0.2) is 311 Å². The van der Waals surface area contributed by atoms with Gasteiger partial charge >= 0.3 is 39.0 Å². The first-order valence-electron chi connectivity index (χ1n) is 31.2. The van der Waals surface area contributed by atoms with Gasteiger partial charge < -0.3 is 9.97 Å². The van der Waals surface area contributed by atoms with Crippen molar-refractivity contribution >= 4 is 54.4 Å². The maximum absolute atomic E-state index is 8.49. The summed E-state index contributed by atoms with van der Waals surface area (Å²) in [6.07, 6.45) is 17.7. The van der Waals surface area contributed by atoms with Crippen LogP contribution in [0.25, 0.3) is 123 Å². The molecule has 5 aromatic carbocycles. The Morgan fingerprint density at radius 1 is 0.216 bits per heavy atom. The summed E-state index contributed by atoms with van der Waals surface area (Å²) in [6, 6.07) is 81.2. The average molecular weight is 1750 g/mol. The monoisotopic (exact) mass is 1750 g/mol. The molecule has 12 aromatic heterocycles. The van der Waals surface area contributed by atoms with Gasteiger partial charge in [-0.05, 0) is 128 Å². The molecule has 0 aliphatic carbocycles. The van der Waals surface area contributed by atoms with Crippen LogP contribution in [0.3, 0.4) is 0 Å². The maximum Gasteiger partial charge on any atom is 2.00 e. The molecule has 0 radical (unpaired) electrons. The molecule has 0 aliphatic rings. The quantitative estimate of drug-likeness (QED) is 0.134. The topological polar surface area (TPSA) is 555 Å². The third-order valence-corrected chi connectivity index (χ3v) is 14.0. The van der Waals surface area contributed by atoms with E-state index in [4.69, 9.17) is 84.5 Å². The molecule has 566 valence electrons. The zero-order valence-corrected chi connectivity index (χ0v) is 63.6. The van der Waals surface area contributed by atoms with Crippen molar-refractivity contribution in [2.75, 3.05) is 0 Å². The van der Waals surface area contributed by atoms with Crippen molar-refractivity contribution in [1.82, 2.24) is 69.8 Å². The molecule has 0 unspecified atom stereocenters. The molecule has 36 heteroatoms. The minimum Gasteiger partial charge on any atom is -0.336 e. The summed E-state index contributed by atoms with van der Waals surface area (Å²) in [4.78, 5) is 59.6. The van der Waals surface area contributed by atoms with Gasteiger partial charge in [-0.2, -0.15) is 0 Å². The van der Waals surface area contributed by atoms with Crippen LogP contribution < -0.4 is 74.5 Å². The number of aryl methyl sites for hydroxylation is 1. The second kappa shape index (κ2) is 44.3. The molecule has 0 bridgehead atoms. The molecular formula is C75H56Cl4N14O16Ru2. The minimum atomic E-state index is -4.94. The summed E-state index contributed by atoms with van der Waals surface area (Å²) in [6.45, 7) is 2.08. The second-order valence-corrected chi connectivity index (χ2v) is 24.4. The summed E-state index contributed by atoms with van der Waals surface area (Å²) in [5.74, 6) is 1.54. The van der Waals surface area contributed by atoms with Crippen LogP contribution in [-0.2, 0) is 39.0 Å². The number of nitrogens with one attached hydrogen (secondary N) is 2. The Hall–Kier alpha value is -10.7. The predicted octanol–water partition coefficient (Wildman–Crippen LogP) is -2.00. The molecule has 17 aromatic rings. The van der Waals surface area contributed by atoms with Crippen LogP contribution in [-0.4, -0.2) is 69.8 Å². The van der Waals surface area contributed by atoms with E-state index in [2.05, 4.69) is 115 Å². The fourth-order valence-electron chi connectivity index (χ4n) is 9.88. The Morgan fingerprint density at radius 3 is 0.577 bits per heavy atom. The molecule has 0 atom stereocenters. The average Bonchev–Trinajstić information content (AvgIpc) is 1.63. The Kier molecular flexibility index (Phi) is 35.6. The van der Waals surface area contributed by atoms with Gasteiger partial charge in [-0.1, -0.05) is 133 Å². The smallest absolute Gasteiger partial charge is 0.336 e. The van der Waals surface area contributed by atoms with E-state index in [1.54, 1.807) is 62.0 Å². The van der Waals surface area contributed by atoms with E-state index in [0.717, 1.165) is 112 Å². The van der Waals surface area contributed by atoms with E-state index in [1.807, 2.05) is 200 Å². The number of nitrogens with zero attached hydrogens (tertiary/aromatic N) is 12. The Bertz CT molecular complexity index is 4680. The molecular weight excluding hydrogens is 1700 g/mol. The fraction of sp³-hybridized carbons (Fsp3) is 0.0133. The number of rotatable bonds is 6. The van der Waals surface area contributed by atoms with E-state index in [9.17, 15) is 0 Å². The number of fused-ring (bicyclic) bond motifs is 6. The van der Waals surface area contributed by atoms with Crippen LogP contribution >= 0.6 is 0 Å². The SMILES string of the molecule is Cc1ccccc1.[O-][Cl+3]([O-])([O-])[O-].[O-][Cl+3]([O-])([O-])[O-].[O-][Cl+3]([O-])([O-])[O-].[O-][Cl+3]([O-])([O-])[O-].[Ru+2].[Ru+2].c1ccc(-c2ccccn2)nc1.c1ccc(-c2ccccn2)nc1.c1ccc(-c2ccccn2)nc1.c1ccc(-c2ccccn2)nc1.c1ccc(-c2nc3c4cccc5c6nc(-c7ccccn7)[nH]c6c6cccc(c3[nH]2)c6c45)nc1. The molecule has 0 amide bonds. The van der Waals surface area contributed by atoms with Crippen LogP contribution in [0, 0.1) is 47.9 Å². The number of halogens is 4. The van der Waals surface area contributed by atoms with Gasteiger partial charge in [-0.3, -0.25) is 49.8 Å². The number of aromatic amines is 2. The normalized spacial score (nSPS) is 10.6. The Balaban J connectivity index is 0.000000211. The fourth-order valence-corrected chi connectivity index (χ4v) is 9.88. The molecule has 0 saturated heterocycles. The molecule has 2 N–H and O–H groups in total. The number of benzene rings is 5. The first-order valence-corrected chi connectivity index (χ1v) is 36.2. The van der Waals surface area contributed by atoms with Gasteiger partial charge in [-0.25, -0.2) is 84.5 Å². The number of pyridine rings is 10. The Morgan fingerprint density at radius 2 is 0.396 bits per heavy atom. The van der Waals surface area contributed by atoms with Crippen molar-refractivity contribution in [3.63, 3.8) is 0 Å². The summed E-state index contributed by atoms with van der Waals surface area (Å²) in [5, 5.41) is 6.90. The number of H-pyrrole nitrogens is 2. The standard InChI is InChI=1S/C28H16N6.4C10H8N2.C7H8.4ClHO4.2Ru/c1-3-13-29-19(11-1)27-31-23-15-7-5-9-17-21(15)22-16(24(23)32-27)8-6-10-18(22)26-25(17)33-28(34-26)20-12-2-4-14-30-20;4*1-3-7-11-9(5-1)10-6-2-4-8-12-10;1-7-5-3-2-4-6-7;4*2-1(3,4)5;;/h1-14H,(H,31,32)(H,33,34);4*1-8H;2-6H,1H3;4*(H,2,3,4,5);;/q;;;;;;;;;;2*+2/p-4. The zero-order chi connectivity index (χ0) is 78.2. The van der Waals surface area contributed by atoms with Crippen LogP contribution in [0.2, 0.25) is 0 Å². The van der Waals surface area contributed by atoms with Crippen molar-refractivity contribution in [1.29, 1.82) is 0 Å². The van der Waals surface area contributed by atoms with Gasteiger partial charge in [0.2, 0.25) is 0 Å². The van der Waals surface area contributed by atoms with Crippen molar-refractivity contribution in [3.05, 3.63) is 316 Å². The number of hydrogen-bond acceptors (Lipinski definition) is 28. The predicted molar refractivity (Wildman–Crippen MR) is 357 cm³/mol. The molecule has 17 rings (SSSR count). The largest absolute Gasteiger partial charge is 2.00 e. The molecule has 0 saturated carbocycles. The van der Waals surface area contributed by atoms with E-state index >= 15 is 0 Å². The third kappa shape index (κ3) is 31.3.